The first-order chi connectivity index (χ1) is 14.3. The highest BCUT2D eigenvalue weighted by molar-refractivity contribution is 7.19. The molecule has 1 heterocycles. The molecule has 0 aliphatic heterocycles. The third-order valence-electron chi connectivity index (χ3n) is 5.64. The first-order valence-corrected chi connectivity index (χ1v) is 11.1. The van der Waals surface area contributed by atoms with Gasteiger partial charge in [0.25, 0.3) is 5.92 Å². The van der Waals surface area contributed by atoms with E-state index in [0.29, 0.717) is 37.0 Å². The Bertz CT molecular complexity index is 888. The Morgan fingerprint density at radius 2 is 1.97 bits per heavy atom. The quantitative estimate of drug-likeness (QED) is 0.367. The largest absolute Gasteiger partial charge is 0.481 e. The number of carbonyl (C=O) groups excluding carboxylic acids is 1. The van der Waals surface area contributed by atoms with Crippen LogP contribution in [0.15, 0.2) is 42.5 Å². The van der Waals surface area contributed by atoms with Crippen molar-refractivity contribution in [3.8, 4) is 0 Å². The molecule has 1 fully saturated rings. The second-order valence-electron chi connectivity index (χ2n) is 7.90. The number of carboxylic acids is 1. The summed E-state index contributed by atoms with van der Waals surface area (Å²) >= 11 is 1.42. The first kappa shape index (κ1) is 22.6. The highest BCUT2D eigenvalue weighted by atomic mass is 32.1. The second kappa shape index (κ2) is 9.79. The Kier molecular flexibility index (Phi) is 7.36. The minimum Gasteiger partial charge on any atom is -0.481 e. The van der Waals surface area contributed by atoms with Crippen molar-refractivity contribution in [1.29, 1.82) is 0 Å². The van der Waals surface area contributed by atoms with E-state index in [1.54, 1.807) is 0 Å². The Morgan fingerprint density at radius 1 is 1.23 bits per heavy atom. The number of carbonyl (C=O) groups is 2. The standard InChI is InChI=1S/C23H26F2O4S/c24-23(25)14-19(27)16(8-3-1-2-4-10-22(28)29)17(23)11-12-18(26)21-13-15-7-5-6-9-20(15)30-21/h5-7,9,11-13,16-18,26H,1-4,8,10,14H2,(H,28,29)/t16-,17-,18?/m1/s1. The summed E-state index contributed by atoms with van der Waals surface area (Å²) in [4.78, 5) is 23.4. The molecule has 4 nitrogen and oxygen atoms in total. The van der Waals surface area contributed by atoms with E-state index in [2.05, 4.69) is 0 Å². The number of benzene rings is 1. The van der Waals surface area contributed by atoms with Crippen molar-refractivity contribution in [2.24, 2.45) is 11.8 Å². The maximum atomic E-state index is 14.4. The van der Waals surface area contributed by atoms with Crippen LogP contribution in [0.4, 0.5) is 8.78 Å². The molecule has 3 rings (SSSR count). The van der Waals surface area contributed by atoms with Crippen LogP contribution in [-0.2, 0) is 9.59 Å². The van der Waals surface area contributed by atoms with Crippen LogP contribution in [0, 0.1) is 11.8 Å². The number of carboxylic acid groups (broad SMARTS) is 1. The molecule has 1 aliphatic carbocycles. The van der Waals surface area contributed by atoms with Gasteiger partial charge in [0.15, 0.2) is 0 Å². The summed E-state index contributed by atoms with van der Waals surface area (Å²) in [5, 5.41) is 20.1. The van der Waals surface area contributed by atoms with Crippen LogP contribution in [0.2, 0.25) is 0 Å². The van der Waals surface area contributed by atoms with Crippen LogP contribution < -0.4 is 0 Å². The number of halogens is 2. The molecule has 30 heavy (non-hydrogen) atoms. The lowest BCUT2D eigenvalue weighted by Gasteiger charge is -2.20. The van der Waals surface area contributed by atoms with Crippen molar-refractivity contribution in [3.05, 3.63) is 47.4 Å². The van der Waals surface area contributed by atoms with E-state index < -0.39 is 42.0 Å². The van der Waals surface area contributed by atoms with Crippen LogP contribution in [0.25, 0.3) is 10.1 Å². The second-order valence-corrected chi connectivity index (χ2v) is 9.01. The smallest absolute Gasteiger partial charge is 0.303 e. The van der Waals surface area contributed by atoms with Gasteiger partial charge in [-0.05, 0) is 30.4 Å². The molecular formula is C23H26F2O4S. The lowest BCUT2D eigenvalue weighted by molar-refractivity contribution is -0.137. The molecule has 1 aliphatic rings. The van der Waals surface area contributed by atoms with Gasteiger partial charge in [-0.1, -0.05) is 49.6 Å². The zero-order valence-electron chi connectivity index (χ0n) is 16.6. The molecule has 0 bridgehead atoms. The Labute approximate surface area is 178 Å². The Hall–Kier alpha value is -2.12. The number of alkyl halides is 2. The van der Waals surface area contributed by atoms with Gasteiger partial charge in [0.1, 0.15) is 11.9 Å². The predicted molar refractivity (Wildman–Crippen MR) is 113 cm³/mol. The van der Waals surface area contributed by atoms with Gasteiger partial charge in [0, 0.05) is 21.9 Å². The van der Waals surface area contributed by atoms with E-state index in [0.717, 1.165) is 10.1 Å². The summed E-state index contributed by atoms with van der Waals surface area (Å²) in [6.45, 7) is 0. The fourth-order valence-corrected chi connectivity index (χ4v) is 5.08. The van der Waals surface area contributed by atoms with Crippen molar-refractivity contribution in [1.82, 2.24) is 0 Å². The van der Waals surface area contributed by atoms with E-state index in [9.17, 15) is 23.5 Å². The fourth-order valence-electron chi connectivity index (χ4n) is 4.05. The summed E-state index contributed by atoms with van der Waals surface area (Å²) in [6.07, 6.45) is 3.96. The molecule has 0 saturated heterocycles. The number of aliphatic carboxylic acids is 1. The highest BCUT2D eigenvalue weighted by Gasteiger charge is 2.53. The number of thiophene rings is 1. The SMILES string of the molecule is O=C(O)CCCCCC[C@H]1C(=O)CC(F)(F)[C@@H]1C=CC(O)c1cc2ccccc2s1. The number of allylic oxidation sites excluding steroid dienone is 1. The number of hydrogen-bond donors (Lipinski definition) is 2. The number of aliphatic hydroxyl groups excluding tert-OH is 1. The molecule has 1 saturated carbocycles. The van der Waals surface area contributed by atoms with Gasteiger partial charge in [-0.3, -0.25) is 9.59 Å². The lowest BCUT2D eigenvalue weighted by Crippen LogP contribution is -2.24. The number of fused-ring (bicyclic) bond motifs is 1. The monoisotopic (exact) mass is 436 g/mol. The van der Waals surface area contributed by atoms with Gasteiger partial charge >= 0.3 is 5.97 Å². The molecule has 7 heteroatoms. The lowest BCUT2D eigenvalue weighted by atomic mass is 9.88. The molecule has 0 radical (unpaired) electrons. The molecule has 2 aromatic rings. The topological polar surface area (TPSA) is 74.6 Å². The molecular weight excluding hydrogens is 410 g/mol. The minimum atomic E-state index is -3.11. The van der Waals surface area contributed by atoms with Crippen molar-refractivity contribution in [2.45, 2.75) is 57.0 Å². The molecule has 162 valence electrons. The van der Waals surface area contributed by atoms with Gasteiger partial charge in [0.2, 0.25) is 0 Å². The van der Waals surface area contributed by atoms with Crippen LogP contribution in [0.5, 0.6) is 0 Å². The van der Waals surface area contributed by atoms with Gasteiger partial charge in [-0.2, -0.15) is 0 Å². The minimum absolute atomic E-state index is 0.0986. The summed E-state index contributed by atoms with van der Waals surface area (Å²) in [5.74, 6) is -6.36. The summed E-state index contributed by atoms with van der Waals surface area (Å²) in [6, 6.07) is 9.53. The van der Waals surface area contributed by atoms with E-state index in [-0.39, 0.29) is 6.42 Å². The third kappa shape index (κ3) is 5.52. The van der Waals surface area contributed by atoms with Crippen molar-refractivity contribution in [3.63, 3.8) is 0 Å². The van der Waals surface area contributed by atoms with Crippen LogP contribution >= 0.6 is 11.3 Å². The van der Waals surface area contributed by atoms with Gasteiger partial charge in [-0.25, -0.2) is 8.78 Å². The zero-order valence-corrected chi connectivity index (χ0v) is 17.4. The van der Waals surface area contributed by atoms with Gasteiger partial charge < -0.3 is 10.2 Å². The van der Waals surface area contributed by atoms with Crippen molar-refractivity contribution >= 4 is 33.2 Å². The van der Waals surface area contributed by atoms with Crippen molar-refractivity contribution in [2.75, 3.05) is 0 Å². The number of Topliss-reactive ketones (excluding diaryl/α,β-unsaturated/α-hetero) is 1. The first-order valence-electron chi connectivity index (χ1n) is 10.2. The van der Waals surface area contributed by atoms with Crippen LogP contribution in [0.1, 0.15) is 55.9 Å². The van der Waals surface area contributed by atoms with Gasteiger partial charge in [0.05, 0.1) is 12.3 Å². The highest BCUT2D eigenvalue weighted by Crippen LogP contribution is 2.45. The number of unbranched alkanes of at least 4 members (excludes halogenated alkanes) is 3. The van der Waals surface area contributed by atoms with E-state index in [4.69, 9.17) is 5.11 Å². The zero-order chi connectivity index (χ0) is 21.7. The van der Waals surface area contributed by atoms with E-state index >= 15 is 0 Å². The fraction of sp³-hybridized carbons (Fsp3) is 0.478. The molecule has 1 aromatic carbocycles. The molecule has 1 unspecified atom stereocenters. The Morgan fingerprint density at radius 3 is 2.70 bits per heavy atom. The molecule has 2 N–H and O–H groups in total. The molecule has 3 atom stereocenters. The number of aliphatic hydroxyl groups is 1. The normalized spacial score (nSPS) is 22.2. The summed E-state index contributed by atoms with van der Waals surface area (Å²) in [7, 11) is 0. The number of ketones is 1. The maximum Gasteiger partial charge on any atom is 0.303 e. The molecule has 0 amide bonds. The maximum absolute atomic E-state index is 14.4. The Balaban J connectivity index is 1.61. The van der Waals surface area contributed by atoms with Gasteiger partial charge in [-0.15, -0.1) is 11.3 Å². The van der Waals surface area contributed by atoms with Crippen LogP contribution in [-0.4, -0.2) is 27.9 Å². The third-order valence-corrected chi connectivity index (χ3v) is 6.82. The van der Waals surface area contributed by atoms with E-state index in [1.165, 1.54) is 23.5 Å². The average Bonchev–Trinajstić information content (AvgIpc) is 3.20. The van der Waals surface area contributed by atoms with Crippen LogP contribution in [0.3, 0.4) is 0 Å². The molecule has 1 aromatic heterocycles. The van der Waals surface area contributed by atoms with E-state index in [1.807, 2.05) is 30.3 Å². The van der Waals surface area contributed by atoms with Crippen molar-refractivity contribution < 1.29 is 28.6 Å². The number of rotatable bonds is 10. The molecule has 0 spiro atoms. The predicted octanol–water partition coefficient (Wildman–Crippen LogP) is 5.76. The average molecular weight is 437 g/mol. The summed E-state index contributed by atoms with van der Waals surface area (Å²) < 4.78 is 29.9. The summed E-state index contributed by atoms with van der Waals surface area (Å²) in [5.41, 5.74) is 0. The number of hydrogen-bond acceptors (Lipinski definition) is 4.